The molecule has 0 saturated heterocycles. The van der Waals surface area contributed by atoms with E-state index >= 15 is 0 Å². The highest BCUT2D eigenvalue weighted by atomic mass is 35.5. The Morgan fingerprint density at radius 2 is 1.83 bits per heavy atom. The average Bonchev–Trinajstić information content (AvgIpc) is 3.00. The Labute approximate surface area is 145 Å². The quantitative estimate of drug-likeness (QED) is 0.753. The molecule has 1 N–H and O–H groups in total. The van der Waals surface area contributed by atoms with Crippen molar-refractivity contribution in [3.63, 3.8) is 0 Å². The van der Waals surface area contributed by atoms with Crippen molar-refractivity contribution in [1.82, 2.24) is 4.98 Å². The van der Waals surface area contributed by atoms with Gasteiger partial charge in [-0.05, 0) is 48.9 Å². The van der Waals surface area contributed by atoms with Crippen LogP contribution in [-0.4, -0.2) is 20.4 Å². The molecule has 124 valence electrons. The van der Waals surface area contributed by atoms with E-state index in [4.69, 9.17) is 16.0 Å². The molecule has 0 amide bonds. The maximum absolute atomic E-state index is 12.9. The van der Waals surface area contributed by atoms with Gasteiger partial charge in [0.25, 0.3) is 0 Å². The summed E-state index contributed by atoms with van der Waals surface area (Å²) >= 11 is 5.87. The zero-order valence-electron chi connectivity index (χ0n) is 13.1. The minimum atomic E-state index is -3.79. The number of oxazole rings is 1. The van der Waals surface area contributed by atoms with Crippen LogP contribution in [0.3, 0.4) is 0 Å². The maximum atomic E-state index is 12.9. The van der Waals surface area contributed by atoms with Crippen LogP contribution < -0.4 is 5.32 Å². The summed E-state index contributed by atoms with van der Waals surface area (Å²) in [5.74, 6) is 0.309. The van der Waals surface area contributed by atoms with E-state index in [1.165, 1.54) is 0 Å². The molecule has 0 atom stereocenters. The number of hydrogen-bond donors (Lipinski definition) is 1. The fourth-order valence-corrected chi connectivity index (χ4v) is 3.80. The summed E-state index contributed by atoms with van der Waals surface area (Å²) in [6.45, 7) is 1.83. The molecule has 0 fully saturated rings. The zero-order chi connectivity index (χ0) is 17.3. The topological polar surface area (TPSA) is 72.2 Å². The van der Waals surface area contributed by atoms with Gasteiger partial charge in [-0.3, -0.25) is 0 Å². The molecule has 2 aromatic carbocycles. The van der Waals surface area contributed by atoms with Gasteiger partial charge in [-0.1, -0.05) is 23.7 Å². The zero-order valence-corrected chi connectivity index (χ0v) is 14.6. The summed E-state index contributed by atoms with van der Waals surface area (Å²) in [6.07, 6.45) is 0. The Morgan fingerprint density at radius 1 is 1.12 bits per heavy atom. The van der Waals surface area contributed by atoms with Crippen molar-refractivity contribution in [3.8, 4) is 11.5 Å². The third-order valence-electron chi connectivity index (χ3n) is 3.47. The first-order chi connectivity index (χ1) is 11.4. The maximum Gasteiger partial charge on any atom is 0.233 e. The number of sulfone groups is 1. The van der Waals surface area contributed by atoms with Gasteiger partial charge in [0.1, 0.15) is 0 Å². The SMILES string of the molecule is CNc1oc(-c2ccc(Cl)cc2)nc1S(=O)(=O)c1cccc(C)c1. The highest BCUT2D eigenvalue weighted by Crippen LogP contribution is 2.32. The van der Waals surface area contributed by atoms with Crippen LogP contribution in [0.2, 0.25) is 5.02 Å². The molecule has 3 rings (SSSR count). The minimum absolute atomic E-state index is 0.0986. The van der Waals surface area contributed by atoms with Gasteiger partial charge >= 0.3 is 0 Å². The molecule has 0 spiro atoms. The standard InChI is InChI=1S/C17H15ClN2O3S/c1-11-4-3-5-14(10-11)24(21,22)17-16(19-2)23-15(20-17)12-6-8-13(18)9-7-12/h3-10,19H,1-2H3. The number of nitrogens with one attached hydrogen (secondary N) is 1. The highest BCUT2D eigenvalue weighted by molar-refractivity contribution is 7.91. The molecular weight excluding hydrogens is 348 g/mol. The lowest BCUT2D eigenvalue weighted by Gasteiger charge is -2.03. The molecule has 0 saturated carbocycles. The van der Waals surface area contributed by atoms with Gasteiger partial charge in [-0.25, -0.2) is 8.42 Å². The van der Waals surface area contributed by atoms with Gasteiger partial charge in [0.15, 0.2) is 0 Å². The summed E-state index contributed by atoms with van der Waals surface area (Å²) in [6, 6.07) is 13.5. The number of hydrogen-bond acceptors (Lipinski definition) is 5. The van der Waals surface area contributed by atoms with Crippen LogP contribution in [0.5, 0.6) is 0 Å². The van der Waals surface area contributed by atoms with Gasteiger partial charge in [0.05, 0.1) is 4.90 Å². The first-order valence-electron chi connectivity index (χ1n) is 7.18. The van der Waals surface area contributed by atoms with Crippen molar-refractivity contribution in [2.45, 2.75) is 16.8 Å². The molecule has 1 heterocycles. The summed E-state index contributed by atoms with van der Waals surface area (Å²) in [5.41, 5.74) is 1.49. The van der Waals surface area contributed by atoms with E-state index in [2.05, 4.69) is 10.3 Å². The number of benzene rings is 2. The lowest BCUT2D eigenvalue weighted by molar-refractivity contribution is 0.580. The third kappa shape index (κ3) is 3.02. The lowest BCUT2D eigenvalue weighted by Crippen LogP contribution is -2.05. The van der Waals surface area contributed by atoms with Crippen LogP contribution in [-0.2, 0) is 9.84 Å². The van der Waals surface area contributed by atoms with Crippen molar-refractivity contribution in [1.29, 1.82) is 0 Å². The van der Waals surface area contributed by atoms with Crippen LogP contribution in [0.4, 0.5) is 5.88 Å². The molecule has 7 heteroatoms. The highest BCUT2D eigenvalue weighted by Gasteiger charge is 2.28. The molecule has 0 aliphatic heterocycles. The first-order valence-corrected chi connectivity index (χ1v) is 9.04. The average molecular weight is 363 g/mol. The van der Waals surface area contributed by atoms with E-state index in [0.29, 0.717) is 10.6 Å². The second-order valence-corrected chi connectivity index (χ2v) is 7.53. The second-order valence-electron chi connectivity index (χ2n) is 5.23. The van der Waals surface area contributed by atoms with E-state index in [-0.39, 0.29) is 21.7 Å². The van der Waals surface area contributed by atoms with Crippen LogP contribution >= 0.6 is 11.6 Å². The Balaban J connectivity index is 2.12. The van der Waals surface area contributed by atoms with E-state index in [0.717, 1.165) is 5.56 Å². The number of halogens is 1. The normalized spacial score (nSPS) is 11.5. The number of aromatic nitrogens is 1. The van der Waals surface area contributed by atoms with Crippen LogP contribution in [0.1, 0.15) is 5.56 Å². The molecule has 0 bridgehead atoms. The van der Waals surface area contributed by atoms with Gasteiger partial charge in [0.2, 0.25) is 26.6 Å². The van der Waals surface area contributed by atoms with Gasteiger partial charge in [-0.15, -0.1) is 0 Å². The smallest absolute Gasteiger partial charge is 0.233 e. The lowest BCUT2D eigenvalue weighted by atomic mass is 10.2. The van der Waals surface area contributed by atoms with Crippen LogP contribution in [0.25, 0.3) is 11.5 Å². The van der Waals surface area contributed by atoms with Crippen molar-refractivity contribution in [2.75, 3.05) is 12.4 Å². The molecule has 3 aromatic rings. The van der Waals surface area contributed by atoms with Crippen molar-refractivity contribution in [3.05, 3.63) is 59.1 Å². The molecule has 5 nitrogen and oxygen atoms in total. The molecule has 24 heavy (non-hydrogen) atoms. The second kappa shape index (κ2) is 6.30. The molecule has 1 aromatic heterocycles. The number of nitrogens with zero attached hydrogens (tertiary/aromatic N) is 1. The summed E-state index contributed by atoms with van der Waals surface area (Å²) in [7, 11) is -2.21. The summed E-state index contributed by atoms with van der Waals surface area (Å²) < 4.78 is 31.3. The van der Waals surface area contributed by atoms with Gasteiger partial charge < -0.3 is 9.73 Å². The van der Waals surface area contributed by atoms with Crippen molar-refractivity contribution >= 4 is 27.3 Å². The van der Waals surface area contributed by atoms with Crippen LogP contribution in [0, 0.1) is 6.92 Å². The van der Waals surface area contributed by atoms with Gasteiger partial charge in [-0.2, -0.15) is 4.98 Å². The summed E-state index contributed by atoms with van der Waals surface area (Å²) in [5, 5.41) is 3.19. The fraction of sp³-hybridized carbons (Fsp3) is 0.118. The number of anilines is 1. The largest absolute Gasteiger partial charge is 0.419 e. The minimum Gasteiger partial charge on any atom is -0.419 e. The molecular formula is C17H15ClN2O3S. The number of aryl methyl sites for hydroxylation is 1. The fourth-order valence-electron chi connectivity index (χ4n) is 2.26. The van der Waals surface area contributed by atoms with Crippen LogP contribution in [0.15, 0.2) is 62.9 Å². The van der Waals surface area contributed by atoms with E-state index in [1.807, 2.05) is 13.0 Å². The van der Waals surface area contributed by atoms with E-state index in [1.54, 1.807) is 49.5 Å². The van der Waals surface area contributed by atoms with E-state index in [9.17, 15) is 8.42 Å². The van der Waals surface area contributed by atoms with E-state index < -0.39 is 9.84 Å². The molecule has 0 unspecified atom stereocenters. The molecule has 0 aliphatic carbocycles. The summed E-state index contributed by atoms with van der Waals surface area (Å²) in [4.78, 5) is 4.37. The van der Waals surface area contributed by atoms with Crippen molar-refractivity contribution < 1.29 is 12.8 Å². The van der Waals surface area contributed by atoms with Crippen molar-refractivity contribution in [2.24, 2.45) is 0 Å². The third-order valence-corrected chi connectivity index (χ3v) is 5.38. The molecule has 0 aliphatic rings. The Hall–Kier alpha value is -2.31. The Morgan fingerprint density at radius 3 is 2.46 bits per heavy atom. The Bertz CT molecular complexity index is 979. The monoisotopic (exact) mass is 362 g/mol. The van der Waals surface area contributed by atoms with Gasteiger partial charge in [0, 0.05) is 17.6 Å². The Kier molecular flexibility index (Phi) is 4.34. The predicted molar refractivity (Wildman–Crippen MR) is 93.1 cm³/mol. The first kappa shape index (κ1) is 16.5. The molecule has 0 radical (unpaired) electrons. The predicted octanol–water partition coefficient (Wildman–Crippen LogP) is 4.18. The number of rotatable bonds is 4.